The zero-order chi connectivity index (χ0) is 24.2. The first-order valence-corrected chi connectivity index (χ1v) is 12.3. The number of hydrogen-bond acceptors (Lipinski definition) is 7. The molecule has 10 heteroatoms. The molecule has 2 aliphatic heterocycles. The maximum Gasteiger partial charge on any atom is 0.326 e. The molecule has 1 fully saturated rings. The Bertz CT molecular complexity index is 1430. The highest BCUT2D eigenvalue weighted by Crippen LogP contribution is 2.46. The van der Waals surface area contributed by atoms with E-state index in [2.05, 4.69) is 62.3 Å². The molecule has 1 atom stereocenters. The minimum atomic E-state index is -0.464. The number of aryl methyl sites for hydroxylation is 1. The Balaban J connectivity index is 1.25. The number of benzene rings is 1. The number of rotatable bonds is 5. The second kappa shape index (κ2) is 8.14. The van der Waals surface area contributed by atoms with E-state index in [1.165, 1.54) is 0 Å². The van der Waals surface area contributed by atoms with Crippen LogP contribution in [0.3, 0.4) is 0 Å². The molecule has 5 heterocycles. The Morgan fingerprint density at radius 2 is 1.91 bits per heavy atom. The smallest absolute Gasteiger partial charge is 0.326 e. The molecule has 35 heavy (non-hydrogen) atoms. The Labute approximate surface area is 203 Å². The van der Waals surface area contributed by atoms with Gasteiger partial charge in [0.1, 0.15) is 17.7 Å². The van der Waals surface area contributed by atoms with Gasteiger partial charge in [0.05, 0.1) is 17.2 Å². The number of fused-ring (bicyclic) bond motifs is 2. The highest BCUT2D eigenvalue weighted by molar-refractivity contribution is 5.84. The quantitative estimate of drug-likeness (QED) is 0.459. The fourth-order valence-corrected chi connectivity index (χ4v) is 5.52. The number of imidazole rings is 1. The highest BCUT2D eigenvalue weighted by Gasteiger charge is 2.43. The summed E-state index contributed by atoms with van der Waals surface area (Å²) in [6.45, 7) is 6.83. The van der Waals surface area contributed by atoms with Gasteiger partial charge in [-0.2, -0.15) is 5.10 Å². The second-order valence-corrected chi connectivity index (χ2v) is 9.68. The Morgan fingerprint density at radius 1 is 1.14 bits per heavy atom. The molecule has 0 spiro atoms. The van der Waals surface area contributed by atoms with Gasteiger partial charge in [0, 0.05) is 44.5 Å². The van der Waals surface area contributed by atoms with Crippen molar-refractivity contribution in [1.29, 1.82) is 0 Å². The van der Waals surface area contributed by atoms with Gasteiger partial charge in [0.15, 0.2) is 11.6 Å². The van der Waals surface area contributed by atoms with E-state index in [4.69, 9.17) is 0 Å². The Hall–Kier alpha value is -3.82. The van der Waals surface area contributed by atoms with Gasteiger partial charge in [0.2, 0.25) is 0 Å². The maximum absolute atomic E-state index is 12.7. The first kappa shape index (κ1) is 21.7. The Morgan fingerprint density at radius 3 is 2.71 bits per heavy atom. The number of hydrogen-bond donors (Lipinski definition) is 2. The summed E-state index contributed by atoms with van der Waals surface area (Å²) in [4.78, 5) is 29.4. The van der Waals surface area contributed by atoms with Crippen molar-refractivity contribution in [3.05, 3.63) is 59.0 Å². The van der Waals surface area contributed by atoms with E-state index in [0.29, 0.717) is 0 Å². The minimum absolute atomic E-state index is 0.0322. The number of aromatic amines is 1. The predicted molar refractivity (Wildman–Crippen MR) is 137 cm³/mol. The number of para-hydroxylation sites is 2. The molecular formula is C25H31N9O. The van der Waals surface area contributed by atoms with Gasteiger partial charge >= 0.3 is 5.69 Å². The van der Waals surface area contributed by atoms with Crippen LogP contribution in [0.1, 0.15) is 44.7 Å². The van der Waals surface area contributed by atoms with Gasteiger partial charge in [-0.25, -0.2) is 14.8 Å². The third-order valence-corrected chi connectivity index (χ3v) is 7.57. The van der Waals surface area contributed by atoms with Crippen molar-refractivity contribution < 1.29 is 0 Å². The average Bonchev–Trinajstić information content (AvgIpc) is 3.54. The standard InChI is InChI=1S/C25H31N9O/c1-4-11-33-15-17(14-28-33)25(2)30-21-22(31(25)3)26-16-27-23(21)32-12-9-18(10-13-32)34-20-8-6-5-7-19(20)29-24(34)35/h5-8,14-16,18,30H,4,9-13H2,1-3H3,(H,29,35). The molecule has 10 nitrogen and oxygen atoms in total. The summed E-state index contributed by atoms with van der Waals surface area (Å²) >= 11 is 0. The summed E-state index contributed by atoms with van der Waals surface area (Å²) < 4.78 is 3.91. The number of anilines is 3. The fourth-order valence-electron chi connectivity index (χ4n) is 5.52. The molecule has 1 aromatic carbocycles. The molecule has 0 radical (unpaired) electrons. The molecule has 0 saturated carbocycles. The summed E-state index contributed by atoms with van der Waals surface area (Å²) in [6, 6.07) is 8.07. The predicted octanol–water partition coefficient (Wildman–Crippen LogP) is 3.30. The third-order valence-electron chi connectivity index (χ3n) is 7.57. The highest BCUT2D eigenvalue weighted by atomic mass is 16.1. The van der Waals surface area contributed by atoms with E-state index >= 15 is 0 Å². The van der Waals surface area contributed by atoms with E-state index in [1.54, 1.807) is 6.33 Å². The molecule has 1 unspecified atom stereocenters. The van der Waals surface area contributed by atoms with Crippen molar-refractivity contribution >= 4 is 28.4 Å². The van der Waals surface area contributed by atoms with Crippen molar-refractivity contribution in [3.8, 4) is 0 Å². The molecule has 0 bridgehead atoms. The van der Waals surface area contributed by atoms with Crippen LogP contribution in [0.25, 0.3) is 11.0 Å². The van der Waals surface area contributed by atoms with Crippen molar-refractivity contribution in [3.63, 3.8) is 0 Å². The van der Waals surface area contributed by atoms with Crippen LogP contribution in [-0.2, 0) is 12.2 Å². The van der Waals surface area contributed by atoms with Crippen LogP contribution in [0, 0.1) is 0 Å². The topological polar surface area (TPSA) is 99.9 Å². The van der Waals surface area contributed by atoms with Crippen molar-refractivity contribution in [1.82, 2.24) is 29.3 Å². The molecule has 1 saturated heterocycles. The normalized spacial score (nSPS) is 20.4. The number of piperidine rings is 1. The molecule has 182 valence electrons. The van der Waals surface area contributed by atoms with Crippen LogP contribution in [0.2, 0.25) is 0 Å². The molecule has 2 aliphatic rings. The van der Waals surface area contributed by atoms with Gasteiger partial charge in [-0.05, 0) is 38.3 Å². The lowest BCUT2D eigenvalue weighted by atomic mass is 10.0. The maximum atomic E-state index is 12.7. The lowest BCUT2D eigenvalue weighted by Crippen LogP contribution is -2.43. The van der Waals surface area contributed by atoms with E-state index in [1.807, 2.05) is 39.7 Å². The zero-order valence-corrected chi connectivity index (χ0v) is 20.4. The number of nitrogens with one attached hydrogen (secondary N) is 2. The number of aromatic nitrogens is 6. The Kier molecular flexibility index (Phi) is 5.05. The molecule has 3 aromatic heterocycles. The lowest BCUT2D eigenvalue weighted by Gasteiger charge is -2.34. The van der Waals surface area contributed by atoms with Crippen molar-refractivity contribution in [2.24, 2.45) is 0 Å². The fraction of sp³-hybridized carbons (Fsp3) is 0.440. The second-order valence-electron chi connectivity index (χ2n) is 9.68. The monoisotopic (exact) mass is 473 g/mol. The van der Waals surface area contributed by atoms with Gasteiger partial charge in [-0.3, -0.25) is 9.25 Å². The molecular weight excluding hydrogens is 442 g/mol. The molecule has 0 aliphatic carbocycles. The van der Waals surface area contributed by atoms with E-state index in [-0.39, 0.29) is 11.7 Å². The van der Waals surface area contributed by atoms with E-state index in [0.717, 1.165) is 72.8 Å². The third kappa shape index (κ3) is 3.38. The SMILES string of the molecule is CCCn1cc(C2(C)Nc3c(N4CCC(n5c(=O)[nH]c6ccccc65)CC4)ncnc3N2C)cn1. The summed E-state index contributed by atoms with van der Waals surface area (Å²) in [5.74, 6) is 1.80. The van der Waals surface area contributed by atoms with Crippen molar-refractivity contribution in [2.45, 2.75) is 51.4 Å². The summed E-state index contributed by atoms with van der Waals surface area (Å²) in [7, 11) is 2.06. The first-order valence-electron chi connectivity index (χ1n) is 12.3. The van der Waals surface area contributed by atoms with Gasteiger partial charge < -0.3 is 20.1 Å². The molecule has 0 amide bonds. The van der Waals surface area contributed by atoms with Crippen LogP contribution in [0.4, 0.5) is 17.3 Å². The van der Waals surface area contributed by atoms with Crippen LogP contribution in [0.15, 0.2) is 47.8 Å². The van der Waals surface area contributed by atoms with E-state index < -0.39 is 5.66 Å². The summed E-state index contributed by atoms with van der Waals surface area (Å²) in [5.41, 5.74) is 3.41. The summed E-state index contributed by atoms with van der Waals surface area (Å²) in [6.07, 6.45) is 8.47. The number of H-pyrrole nitrogens is 1. The molecule has 6 rings (SSSR count). The number of nitrogens with zero attached hydrogens (tertiary/aromatic N) is 7. The van der Waals surface area contributed by atoms with Crippen LogP contribution in [-0.4, -0.2) is 49.4 Å². The van der Waals surface area contributed by atoms with Crippen LogP contribution >= 0.6 is 0 Å². The largest absolute Gasteiger partial charge is 0.355 e. The first-order chi connectivity index (χ1) is 17.0. The molecule has 2 N–H and O–H groups in total. The van der Waals surface area contributed by atoms with Crippen LogP contribution in [0.5, 0.6) is 0 Å². The average molecular weight is 474 g/mol. The van der Waals surface area contributed by atoms with Crippen molar-refractivity contribution in [2.75, 3.05) is 35.3 Å². The summed E-state index contributed by atoms with van der Waals surface area (Å²) in [5, 5.41) is 8.26. The lowest BCUT2D eigenvalue weighted by molar-refractivity contribution is 0.395. The van der Waals surface area contributed by atoms with Gasteiger partial charge in [0.25, 0.3) is 0 Å². The van der Waals surface area contributed by atoms with Gasteiger partial charge in [-0.1, -0.05) is 19.1 Å². The van der Waals surface area contributed by atoms with E-state index in [9.17, 15) is 4.79 Å². The molecule has 4 aromatic rings. The van der Waals surface area contributed by atoms with Gasteiger partial charge in [-0.15, -0.1) is 0 Å². The zero-order valence-electron chi connectivity index (χ0n) is 20.4. The van der Waals surface area contributed by atoms with Crippen LogP contribution < -0.4 is 20.8 Å². The minimum Gasteiger partial charge on any atom is -0.355 e.